The van der Waals surface area contributed by atoms with Crippen molar-refractivity contribution in [2.75, 3.05) is 0 Å². The van der Waals surface area contributed by atoms with Gasteiger partial charge in [-0.1, -0.05) is 24.3 Å². The lowest BCUT2D eigenvalue weighted by atomic mass is 9.77. The molecule has 0 amide bonds. The van der Waals surface area contributed by atoms with E-state index in [1.165, 1.54) is 6.92 Å². The Balaban J connectivity index is 2.79. The van der Waals surface area contributed by atoms with Crippen molar-refractivity contribution in [2.45, 2.75) is 13.5 Å². The molecule has 2 N–H and O–H groups in total. The summed E-state index contributed by atoms with van der Waals surface area (Å²) in [6.07, 6.45) is 0. The van der Waals surface area contributed by atoms with Gasteiger partial charge in [-0.2, -0.15) is 0 Å². The van der Waals surface area contributed by atoms with Crippen molar-refractivity contribution in [2.24, 2.45) is 0 Å². The number of hydrogen-bond acceptors (Lipinski definition) is 4. The third-order valence-electron chi connectivity index (χ3n) is 1.76. The third kappa shape index (κ3) is 2.87. The van der Waals surface area contributed by atoms with Gasteiger partial charge in [0, 0.05) is 6.92 Å². The molecule has 0 bridgehead atoms. The number of carbonyl (C=O) groups is 1. The molecule has 0 aliphatic carbocycles. The fourth-order valence-electron chi connectivity index (χ4n) is 1.10. The van der Waals surface area contributed by atoms with Crippen LogP contribution in [0.1, 0.15) is 12.5 Å². The number of benzene rings is 1. The van der Waals surface area contributed by atoms with Crippen LogP contribution in [0.5, 0.6) is 0 Å². The zero-order chi connectivity index (χ0) is 10.6. The average molecular weight is 194 g/mol. The maximum Gasteiger partial charge on any atom is 0.488 e. The highest BCUT2D eigenvalue weighted by Gasteiger charge is 2.15. The molecule has 0 saturated heterocycles. The molecule has 0 unspecified atom stereocenters. The van der Waals surface area contributed by atoms with Crippen molar-refractivity contribution < 1.29 is 19.6 Å². The predicted octanol–water partition coefficient (Wildman–Crippen LogP) is -0.571. The Kier molecular flexibility index (Phi) is 3.68. The van der Waals surface area contributed by atoms with Crippen molar-refractivity contribution >= 4 is 18.6 Å². The second kappa shape index (κ2) is 4.78. The topological polar surface area (TPSA) is 66.8 Å². The molecule has 0 fully saturated rings. The summed E-state index contributed by atoms with van der Waals surface area (Å²) in [4.78, 5) is 10.6. The van der Waals surface area contributed by atoms with Crippen LogP contribution in [0, 0.1) is 0 Å². The Hall–Kier alpha value is -1.33. The van der Waals surface area contributed by atoms with E-state index >= 15 is 0 Å². The van der Waals surface area contributed by atoms with E-state index in [0.717, 1.165) is 0 Å². The number of rotatable bonds is 3. The largest absolute Gasteiger partial charge is 0.488 e. The molecular formula is C9H11BO4. The van der Waals surface area contributed by atoms with Crippen molar-refractivity contribution in [3.8, 4) is 0 Å². The van der Waals surface area contributed by atoms with Gasteiger partial charge in [0.05, 0.1) is 0 Å². The molecule has 4 nitrogen and oxygen atoms in total. The Labute approximate surface area is 82.3 Å². The maximum absolute atomic E-state index is 10.6. The summed E-state index contributed by atoms with van der Waals surface area (Å²) < 4.78 is 4.76. The van der Waals surface area contributed by atoms with Crippen LogP contribution in [-0.2, 0) is 16.1 Å². The summed E-state index contributed by atoms with van der Waals surface area (Å²) in [7, 11) is -1.54. The first kappa shape index (κ1) is 10.8. The average Bonchev–Trinajstić information content (AvgIpc) is 2.15. The molecule has 0 heterocycles. The van der Waals surface area contributed by atoms with Gasteiger partial charge in [-0.3, -0.25) is 4.79 Å². The van der Waals surface area contributed by atoms with Gasteiger partial charge in [0.25, 0.3) is 0 Å². The summed E-state index contributed by atoms with van der Waals surface area (Å²) in [6, 6.07) is 6.68. The fourth-order valence-corrected chi connectivity index (χ4v) is 1.10. The highest BCUT2D eigenvalue weighted by atomic mass is 16.5. The van der Waals surface area contributed by atoms with Gasteiger partial charge in [0.2, 0.25) is 0 Å². The van der Waals surface area contributed by atoms with Crippen molar-refractivity contribution in [1.29, 1.82) is 0 Å². The quantitative estimate of drug-likeness (QED) is 0.499. The van der Waals surface area contributed by atoms with Crippen LogP contribution in [0.2, 0.25) is 0 Å². The molecule has 0 spiro atoms. The van der Waals surface area contributed by atoms with Crippen molar-refractivity contribution in [3.05, 3.63) is 29.8 Å². The SMILES string of the molecule is CC(=O)OCc1ccccc1B(O)O. The summed E-state index contributed by atoms with van der Waals surface area (Å²) in [5.41, 5.74) is 0.950. The molecule has 0 saturated carbocycles. The van der Waals surface area contributed by atoms with Crippen LogP contribution >= 0.6 is 0 Å². The van der Waals surface area contributed by atoms with Gasteiger partial charge >= 0.3 is 13.1 Å². The van der Waals surface area contributed by atoms with Crippen LogP contribution in [0.15, 0.2) is 24.3 Å². The van der Waals surface area contributed by atoms with E-state index in [0.29, 0.717) is 11.0 Å². The predicted molar refractivity (Wildman–Crippen MR) is 51.7 cm³/mol. The summed E-state index contributed by atoms with van der Waals surface area (Å²) in [5, 5.41) is 18.0. The van der Waals surface area contributed by atoms with E-state index in [4.69, 9.17) is 14.8 Å². The Morgan fingerprint density at radius 1 is 1.43 bits per heavy atom. The molecular weight excluding hydrogens is 183 g/mol. The van der Waals surface area contributed by atoms with Crippen LogP contribution < -0.4 is 5.46 Å². The first-order valence-electron chi connectivity index (χ1n) is 4.18. The van der Waals surface area contributed by atoms with E-state index in [1.54, 1.807) is 24.3 Å². The molecule has 0 atom stereocenters. The first-order chi connectivity index (χ1) is 6.61. The molecule has 14 heavy (non-hydrogen) atoms. The minimum absolute atomic E-state index is 0.0587. The Morgan fingerprint density at radius 3 is 2.64 bits per heavy atom. The van der Waals surface area contributed by atoms with Gasteiger partial charge in [-0.15, -0.1) is 0 Å². The van der Waals surface area contributed by atoms with E-state index < -0.39 is 13.1 Å². The smallest absolute Gasteiger partial charge is 0.461 e. The maximum atomic E-state index is 10.6. The zero-order valence-electron chi connectivity index (χ0n) is 7.80. The molecule has 74 valence electrons. The molecule has 0 aliphatic rings. The van der Waals surface area contributed by atoms with E-state index in [9.17, 15) is 4.79 Å². The van der Waals surface area contributed by atoms with Crippen molar-refractivity contribution in [3.63, 3.8) is 0 Å². The lowest BCUT2D eigenvalue weighted by Crippen LogP contribution is -2.33. The van der Waals surface area contributed by atoms with Gasteiger partial charge in [-0.25, -0.2) is 0 Å². The first-order valence-corrected chi connectivity index (χ1v) is 4.18. The summed E-state index contributed by atoms with van der Waals surface area (Å²) in [6.45, 7) is 1.36. The molecule has 1 aromatic rings. The molecule has 0 aromatic heterocycles. The number of esters is 1. The minimum Gasteiger partial charge on any atom is -0.461 e. The van der Waals surface area contributed by atoms with E-state index in [2.05, 4.69) is 0 Å². The number of carbonyl (C=O) groups excluding carboxylic acids is 1. The van der Waals surface area contributed by atoms with Gasteiger partial charge in [0.15, 0.2) is 0 Å². The standard InChI is InChI=1S/C9H11BO4/c1-7(11)14-6-8-4-2-3-5-9(8)10(12)13/h2-5,12-13H,6H2,1H3. The van der Waals surface area contributed by atoms with E-state index in [1.807, 2.05) is 0 Å². The van der Waals surface area contributed by atoms with Crippen LogP contribution in [0.3, 0.4) is 0 Å². The molecule has 1 aromatic carbocycles. The van der Waals surface area contributed by atoms with Crippen molar-refractivity contribution in [1.82, 2.24) is 0 Å². The number of hydrogen-bond donors (Lipinski definition) is 2. The van der Waals surface area contributed by atoms with Gasteiger partial charge in [-0.05, 0) is 11.0 Å². The fraction of sp³-hybridized carbons (Fsp3) is 0.222. The lowest BCUT2D eigenvalue weighted by Gasteiger charge is -2.07. The highest BCUT2D eigenvalue weighted by molar-refractivity contribution is 6.59. The molecule has 0 radical (unpaired) electrons. The summed E-state index contributed by atoms with van der Waals surface area (Å²) in [5.74, 6) is -0.396. The van der Waals surface area contributed by atoms with Gasteiger partial charge in [0.1, 0.15) is 6.61 Å². The third-order valence-corrected chi connectivity index (χ3v) is 1.76. The van der Waals surface area contributed by atoms with E-state index in [-0.39, 0.29) is 6.61 Å². The lowest BCUT2D eigenvalue weighted by molar-refractivity contribution is -0.142. The Morgan fingerprint density at radius 2 is 2.07 bits per heavy atom. The monoisotopic (exact) mass is 194 g/mol. The Bertz CT molecular complexity index is 324. The molecule has 1 rings (SSSR count). The van der Waals surface area contributed by atoms with Crippen LogP contribution in [0.4, 0.5) is 0 Å². The number of ether oxygens (including phenoxy) is 1. The second-order valence-corrected chi connectivity index (χ2v) is 2.85. The minimum atomic E-state index is -1.54. The van der Waals surface area contributed by atoms with Crippen LogP contribution in [-0.4, -0.2) is 23.1 Å². The van der Waals surface area contributed by atoms with Crippen LogP contribution in [0.25, 0.3) is 0 Å². The summed E-state index contributed by atoms with van der Waals surface area (Å²) >= 11 is 0. The normalized spacial score (nSPS) is 9.64. The molecule has 5 heteroatoms. The second-order valence-electron chi connectivity index (χ2n) is 2.85. The molecule has 0 aliphatic heterocycles. The van der Waals surface area contributed by atoms with Gasteiger partial charge < -0.3 is 14.8 Å². The highest BCUT2D eigenvalue weighted by Crippen LogP contribution is 1.99. The zero-order valence-corrected chi connectivity index (χ0v) is 7.80.